The molecule has 0 bridgehead atoms. The third-order valence-corrected chi connectivity index (χ3v) is 6.06. The number of sulfonamides is 1. The van der Waals surface area contributed by atoms with Crippen LogP contribution in [0.25, 0.3) is 0 Å². The molecule has 1 aromatic carbocycles. The number of rotatable bonds is 10. The molecule has 2 rings (SSSR count). The van der Waals surface area contributed by atoms with Crippen LogP contribution in [0, 0.1) is 0 Å². The molecule has 1 heterocycles. The number of ether oxygens (including phenoxy) is 2. The van der Waals surface area contributed by atoms with E-state index in [0.29, 0.717) is 19.1 Å². The summed E-state index contributed by atoms with van der Waals surface area (Å²) >= 11 is 3.26. The summed E-state index contributed by atoms with van der Waals surface area (Å²) in [6, 6.07) is 9.71. The van der Waals surface area contributed by atoms with Crippen LogP contribution in [0.1, 0.15) is 5.56 Å². The topological polar surface area (TPSA) is 97.8 Å². The highest BCUT2D eigenvalue weighted by atomic mass is 79.9. The maximum absolute atomic E-state index is 12.5. The van der Waals surface area contributed by atoms with Gasteiger partial charge in [0.25, 0.3) is 0 Å². The molecule has 152 valence electrons. The van der Waals surface area contributed by atoms with E-state index in [-0.39, 0.29) is 18.0 Å². The first-order chi connectivity index (χ1) is 13.3. The molecule has 8 nitrogen and oxygen atoms in total. The summed E-state index contributed by atoms with van der Waals surface area (Å²) in [6.45, 7) is 0.815. The fraction of sp³-hybridized carbons (Fsp3) is 0.333. The second-order valence-corrected chi connectivity index (χ2v) is 8.80. The number of aromatic nitrogens is 1. The van der Waals surface area contributed by atoms with Gasteiger partial charge >= 0.3 is 0 Å². The van der Waals surface area contributed by atoms with Crippen LogP contribution in [0.2, 0.25) is 0 Å². The number of carbonyl (C=O) groups is 1. The summed E-state index contributed by atoms with van der Waals surface area (Å²) < 4.78 is 37.0. The Morgan fingerprint density at radius 3 is 2.50 bits per heavy atom. The first-order valence-corrected chi connectivity index (χ1v) is 10.6. The van der Waals surface area contributed by atoms with E-state index in [1.807, 2.05) is 0 Å². The molecule has 1 amide bonds. The van der Waals surface area contributed by atoms with E-state index in [1.165, 1.54) is 19.2 Å². The molecule has 0 spiro atoms. The zero-order valence-electron chi connectivity index (χ0n) is 15.6. The average molecular weight is 472 g/mol. The number of halogens is 1. The van der Waals surface area contributed by atoms with Gasteiger partial charge in [0, 0.05) is 37.4 Å². The van der Waals surface area contributed by atoms with Crippen molar-refractivity contribution in [3.8, 4) is 5.88 Å². The van der Waals surface area contributed by atoms with Gasteiger partial charge in [0.1, 0.15) is 6.61 Å². The lowest BCUT2D eigenvalue weighted by Gasteiger charge is -2.17. The van der Waals surface area contributed by atoms with Gasteiger partial charge in [-0.15, -0.1) is 0 Å². The zero-order chi connectivity index (χ0) is 20.6. The molecule has 0 saturated carbocycles. The molecule has 0 fully saturated rings. The van der Waals surface area contributed by atoms with Crippen molar-refractivity contribution in [2.45, 2.75) is 11.4 Å². The molecule has 2 aromatic rings. The van der Waals surface area contributed by atoms with Gasteiger partial charge in [0.05, 0.1) is 18.0 Å². The summed E-state index contributed by atoms with van der Waals surface area (Å²) in [5.74, 6) is 0.0519. The minimum Gasteiger partial charge on any atom is -0.475 e. The summed E-state index contributed by atoms with van der Waals surface area (Å²) in [6.07, 6.45) is 1.59. The Hall–Kier alpha value is -2.01. The molecule has 0 unspecified atom stereocenters. The molecule has 0 aliphatic rings. The highest BCUT2D eigenvalue weighted by Crippen LogP contribution is 2.17. The lowest BCUT2D eigenvalue weighted by atomic mass is 10.3. The van der Waals surface area contributed by atoms with Crippen LogP contribution >= 0.6 is 15.9 Å². The van der Waals surface area contributed by atoms with Crippen molar-refractivity contribution in [1.29, 1.82) is 0 Å². The van der Waals surface area contributed by atoms with E-state index in [2.05, 4.69) is 26.2 Å². The molecule has 1 aromatic heterocycles. The van der Waals surface area contributed by atoms with E-state index in [0.717, 1.165) is 14.3 Å². The van der Waals surface area contributed by atoms with Crippen LogP contribution in [0.5, 0.6) is 5.88 Å². The van der Waals surface area contributed by atoms with Gasteiger partial charge < -0.3 is 14.8 Å². The second-order valence-electron chi connectivity index (χ2n) is 5.84. The standard InChI is InChI=1S/C18H22BrN3O5S/c1-22(28(24,25)16-6-4-15(19)5-7-16)13-17(23)20-11-14-3-8-18(21-12-14)27-10-9-26-2/h3-8,12H,9-11,13H2,1-2H3,(H,20,23). The lowest BCUT2D eigenvalue weighted by Crippen LogP contribution is -2.38. The summed E-state index contributed by atoms with van der Waals surface area (Å²) in [5.41, 5.74) is 0.769. The van der Waals surface area contributed by atoms with Gasteiger partial charge in [-0.3, -0.25) is 4.79 Å². The number of hydrogen-bond acceptors (Lipinski definition) is 6. The summed E-state index contributed by atoms with van der Waals surface area (Å²) in [7, 11) is -0.785. The molecule has 1 N–H and O–H groups in total. The molecule has 0 radical (unpaired) electrons. The highest BCUT2D eigenvalue weighted by molar-refractivity contribution is 9.10. The van der Waals surface area contributed by atoms with Crippen LogP contribution in [0.15, 0.2) is 52.0 Å². The van der Waals surface area contributed by atoms with Gasteiger partial charge in [0.15, 0.2) is 0 Å². The molecule has 10 heteroatoms. The Morgan fingerprint density at radius 1 is 1.18 bits per heavy atom. The molecule has 0 aliphatic carbocycles. The van der Waals surface area contributed by atoms with Crippen molar-refractivity contribution < 1.29 is 22.7 Å². The normalized spacial score (nSPS) is 11.4. The Kier molecular flexibility index (Phi) is 8.36. The SMILES string of the molecule is COCCOc1ccc(CNC(=O)CN(C)S(=O)(=O)c2ccc(Br)cc2)cn1. The van der Waals surface area contributed by atoms with Crippen molar-refractivity contribution >= 4 is 31.9 Å². The molecule has 0 atom stereocenters. The molecular weight excluding hydrogens is 450 g/mol. The monoisotopic (exact) mass is 471 g/mol. The number of amides is 1. The third-order valence-electron chi connectivity index (χ3n) is 3.71. The third kappa shape index (κ3) is 6.55. The number of hydrogen-bond donors (Lipinski definition) is 1. The van der Waals surface area contributed by atoms with Gasteiger partial charge in [-0.1, -0.05) is 22.0 Å². The lowest BCUT2D eigenvalue weighted by molar-refractivity contribution is -0.121. The molecule has 0 saturated heterocycles. The van der Waals surface area contributed by atoms with Crippen LogP contribution in [0.3, 0.4) is 0 Å². The van der Waals surface area contributed by atoms with E-state index in [4.69, 9.17) is 9.47 Å². The van der Waals surface area contributed by atoms with Crippen LogP contribution in [-0.2, 0) is 26.1 Å². The van der Waals surface area contributed by atoms with Crippen molar-refractivity contribution in [2.24, 2.45) is 0 Å². The van der Waals surface area contributed by atoms with Crippen molar-refractivity contribution in [1.82, 2.24) is 14.6 Å². The number of carbonyl (C=O) groups excluding carboxylic acids is 1. The van der Waals surface area contributed by atoms with Crippen LogP contribution in [-0.4, -0.2) is 57.5 Å². The predicted octanol–water partition coefficient (Wildman–Crippen LogP) is 1.81. The van der Waals surface area contributed by atoms with Gasteiger partial charge in [-0.05, 0) is 29.8 Å². The van der Waals surface area contributed by atoms with E-state index < -0.39 is 15.9 Å². The maximum Gasteiger partial charge on any atom is 0.243 e. The Morgan fingerprint density at radius 2 is 1.89 bits per heavy atom. The largest absolute Gasteiger partial charge is 0.475 e. The fourth-order valence-corrected chi connectivity index (χ4v) is 3.55. The smallest absolute Gasteiger partial charge is 0.243 e. The Labute approximate surface area is 173 Å². The Balaban J connectivity index is 1.85. The number of pyridine rings is 1. The maximum atomic E-state index is 12.5. The molecule has 0 aliphatic heterocycles. The number of likely N-dealkylation sites (N-methyl/N-ethyl adjacent to an activating group) is 1. The first-order valence-electron chi connectivity index (χ1n) is 8.38. The zero-order valence-corrected chi connectivity index (χ0v) is 18.0. The molecule has 28 heavy (non-hydrogen) atoms. The number of benzene rings is 1. The summed E-state index contributed by atoms with van der Waals surface area (Å²) in [5, 5.41) is 2.68. The van der Waals surface area contributed by atoms with Gasteiger partial charge in [-0.25, -0.2) is 13.4 Å². The highest BCUT2D eigenvalue weighted by Gasteiger charge is 2.22. The molecular formula is C18H22BrN3O5S. The van der Waals surface area contributed by atoms with Crippen molar-refractivity contribution in [2.75, 3.05) is 33.9 Å². The average Bonchev–Trinajstić information content (AvgIpc) is 2.68. The van der Waals surface area contributed by atoms with Crippen LogP contribution in [0.4, 0.5) is 0 Å². The number of nitrogens with zero attached hydrogens (tertiary/aromatic N) is 2. The number of nitrogens with one attached hydrogen (secondary N) is 1. The van der Waals surface area contributed by atoms with E-state index in [1.54, 1.807) is 37.6 Å². The van der Waals surface area contributed by atoms with Gasteiger partial charge in [0.2, 0.25) is 21.8 Å². The van der Waals surface area contributed by atoms with Gasteiger partial charge in [-0.2, -0.15) is 4.31 Å². The second kappa shape index (κ2) is 10.5. The minimum absolute atomic E-state index is 0.124. The quantitative estimate of drug-likeness (QED) is 0.530. The predicted molar refractivity (Wildman–Crippen MR) is 107 cm³/mol. The fourth-order valence-electron chi connectivity index (χ4n) is 2.16. The van der Waals surface area contributed by atoms with Crippen molar-refractivity contribution in [3.63, 3.8) is 0 Å². The first kappa shape index (κ1) is 22.3. The van der Waals surface area contributed by atoms with Crippen LogP contribution < -0.4 is 10.1 Å². The van der Waals surface area contributed by atoms with Crippen molar-refractivity contribution in [3.05, 3.63) is 52.6 Å². The Bertz CT molecular complexity index is 873. The van der Waals surface area contributed by atoms with E-state index >= 15 is 0 Å². The van der Waals surface area contributed by atoms with E-state index in [9.17, 15) is 13.2 Å². The minimum atomic E-state index is -3.74. The number of methoxy groups -OCH3 is 1. The summed E-state index contributed by atoms with van der Waals surface area (Å²) in [4.78, 5) is 16.4.